The third-order valence-corrected chi connectivity index (χ3v) is 4.92. The van der Waals surface area contributed by atoms with Gasteiger partial charge in [0.2, 0.25) is 5.91 Å². The van der Waals surface area contributed by atoms with Gasteiger partial charge in [-0.15, -0.1) is 0 Å². The molecule has 0 saturated carbocycles. The highest BCUT2D eigenvalue weighted by Crippen LogP contribution is 2.34. The molecular formula is C20H18N2O5S. The molecule has 3 rings (SSSR count). The number of rotatable bonds is 5. The van der Waals surface area contributed by atoms with Crippen molar-refractivity contribution in [2.75, 3.05) is 19.0 Å². The van der Waals surface area contributed by atoms with Crippen LogP contribution in [0.5, 0.6) is 11.5 Å². The number of hydrogen-bond donors (Lipinski definition) is 2. The highest BCUT2D eigenvalue weighted by molar-refractivity contribution is 8.18. The lowest BCUT2D eigenvalue weighted by atomic mass is 10.2. The summed E-state index contributed by atoms with van der Waals surface area (Å²) in [6.45, 7) is 1.56. The summed E-state index contributed by atoms with van der Waals surface area (Å²) in [7, 11) is 1.43. The maximum Gasteiger partial charge on any atom is 0.294 e. The molecule has 144 valence electrons. The molecule has 0 aromatic heterocycles. The van der Waals surface area contributed by atoms with Crippen LogP contribution in [-0.2, 0) is 9.59 Å². The van der Waals surface area contributed by atoms with E-state index in [0.717, 1.165) is 22.2 Å². The summed E-state index contributed by atoms with van der Waals surface area (Å²) in [6, 6.07) is 11.8. The molecule has 2 aromatic carbocycles. The van der Waals surface area contributed by atoms with E-state index in [1.807, 2.05) is 19.1 Å². The van der Waals surface area contributed by atoms with E-state index in [4.69, 9.17) is 4.74 Å². The van der Waals surface area contributed by atoms with E-state index in [9.17, 15) is 19.5 Å². The van der Waals surface area contributed by atoms with Gasteiger partial charge in [0.1, 0.15) is 6.54 Å². The molecule has 0 aliphatic carbocycles. The molecule has 2 aromatic rings. The number of ether oxygens (including phenoxy) is 1. The van der Waals surface area contributed by atoms with Gasteiger partial charge < -0.3 is 15.2 Å². The Morgan fingerprint density at radius 2 is 1.93 bits per heavy atom. The van der Waals surface area contributed by atoms with E-state index in [1.165, 1.54) is 19.3 Å². The van der Waals surface area contributed by atoms with Crippen LogP contribution in [0.4, 0.5) is 10.5 Å². The van der Waals surface area contributed by atoms with Crippen molar-refractivity contribution in [2.45, 2.75) is 6.92 Å². The van der Waals surface area contributed by atoms with Gasteiger partial charge in [-0.2, -0.15) is 0 Å². The third kappa shape index (κ3) is 4.34. The first-order valence-corrected chi connectivity index (χ1v) is 9.18. The van der Waals surface area contributed by atoms with Crippen molar-refractivity contribution in [1.29, 1.82) is 0 Å². The van der Waals surface area contributed by atoms with Gasteiger partial charge in [0, 0.05) is 5.69 Å². The van der Waals surface area contributed by atoms with Crippen LogP contribution in [0.3, 0.4) is 0 Å². The molecule has 0 spiro atoms. The van der Waals surface area contributed by atoms with E-state index in [-0.39, 0.29) is 17.2 Å². The first kappa shape index (κ1) is 19.5. The molecule has 8 heteroatoms. The van der Waals surface area contributed by atoms with E-state index < -0.39 is 17.1 Å². The minimum absolute atomic E-state index is 0.0760. The van der Waals surface area contributed by atoms with Gasteiger partial charge in [-0.25, -0.2) is 0 Å². The topological polar surface area (TPSA) is 95.9 Å². The molecule has 28 heavy (non-hydrogen) atoms. The molecule has 1 aliphatic heterocycles. The normalized spacial score (nSPS) is 15.2. The fourth-order valence-electron chi connectivity index (χ4n) is 2.57. The van der Waals surface area contributed by atoms with Gasteiger partial charge in [-0.3, -0.25) is 19.3 Å². The van der Waals surface area contributed by atoms with E-state index in [0.29, 0.717) is 17.0 Å². The summed E-state index contributed by atoms with van der Waals surface area (Å²) >= 11 is 0.748. The maximum absolute atomic E-state index is 12.5. The van der Waals surface area contributed by atoms with E-state index in [2.05, 4.69) is 5.32 Å². The summed E-state index contributed by atoms with van der Waals surface area (Å²) in [5.74, 6) is -0.787. The maximum atomic E-state index is 12.5. The first-order chi connectivity index (χ1) is 13.4. The number of methoxy groups -OCH3 is 1. The molecule has 0 radical (unpaired) electrons. The van der Waals surface area contributed by atoms with E-state index >= 15 is 0 Å². The van der Waals surface area contributed by atoms with Crippen LogP contribution in [0.2, 0.25) is 0 Å². The second kappa shape index (κ2) is 8.18. The number of aromatic hydroxyl groups is 1. The fraction of sp³-hybridized carbons (Fsp3) is 0.150. The van der Waals surface area contributed by atoms with Gasteiger partial charge in [0.05, 0.1) is 12.0 Å². The monoisotopic (exact) mass is 398 g/mol. The number of amides is 3. The summed E-state index contributed by atoms with van der Waals surface area (Å²) in [4.78, 5) is 37.9. The van der Waals surface area contributed by atoms with Gasteiger partial charge in [0.25, 0.3) is 11.1 Å². The third-order valence-electron chi connectivity index (χ3n) is 4.01. The number of aryl methyl sites for hydroxylation is 1. The van der Waals surface area contributed by atoms with Crippen molar-refractivity contribution in [3.05, 3.63) is 58.5 Å². The molecule has 1 saturated heterocycles. The van der Waals surface area contributed by atoms with Crippen LogP contribution in [0.15, 0.2) is 47.4 Å². The molecule has 0 unspecified atom stereocenters. The highest BCUT2D eigenvalue weighted by Gasteiger charge is 2.36. The minimum atomic E-state index is -0.552. The second-order valence-electron chi connectivity index (χ2n) is 6.11. The van der Waals surface area contributed by atoms with Crippen LogP contribution < -0.4 is 10.1 Å². The zero-order valence-corrected chi connectivity index (χ0v) is 16.1. The van der Waals surface area contributed by atoms with Gasteiger partial charge >= 0.3 is 0 Å². The van der Waals surface area contributed by atoms with Crippen LogP contribution in [0.25, 0.3) is 6.08 Å². The Morgan fingerprint density at radius 1 is 1.21 bits per heavy atom. The molecule has 1 heterocycles. The van der Waals surface area contributed by atoms with Crippen LogP contribution in [0, 0.1) is 6.92 Å². The van der Waals surface area contributed by atoms with Gasteiger partial charge in [-0.05, 0) is 54.6 Å². The number of nitrogens with zero attached hydrogens (tertiary/aromatic N) is 1. The summed E-state index contributed by atoms with van der Waals surface area (Å²) in [5, 5.41) is 12.0. The Morgan fingerprint density at radius 3 is 2.57 bits per heavy atom. The van der Waals surface area contributed by atoms with Crippen molar-refractivity contribution in [2.24, 2.45) is 0 Å². The minimum Gasteiger partial charge on any atom is -0.504 e. The predicted molar refractivity (Wildman–Crippen MR) is 107 cm³/mol. The zero-order chi connectivity index (χ0) is 20.3. The van der Waals surface area contributed by atoms with Crippen molar-refractivity contribution in [3.8, 4) is 11.5 Å². The Bertz CT molecular complexity index is 969. The zero-order valence-electron chi connectivity index (χ0n) is 15.3. The molecule has 2 N–H and O–H groups in total. The number of benzene rings is 2. The smallest absolute Gasteiger partial charge is 0.294 e. The molecule has 1 aliphatic rings. The number of nitrogens with one attached hydrogen (secondary N) is 1. The summed E-state index contributed by atoms with van der Waals surface area (Å²) < 4.78 is 4.97. The predicted octanol–water partition coefficient (Wildman–Crippen LogP) is 3.38. The number of carbonyl (C=O) groups excluding carboxylic acids is 3. The largest absolute Gasteiger partial charge is 0.504 e. The van der Waals surface area contributed by atoms with Crippen LogP contribution in [0.1, 0.15) is 11.1 Å². The van der Waals surface area contributed by atoms with Crippen LogP contribution >= 0.6 is 11.8 Å². The Balaban J connectivity index is 1.69. The Hall–Kier alpha value is -3.26. The SMILES string of the molecule is COc1ccc(/C=C2\SC(=O)N(CC(=O)Nc3ccc(C)cc3)C2=O)cc1O. The Kier molecular flexibility index (Phi) is 5.70. The average Bonchev–Trinajstić information content (AvgIpc) is 2.91. The van der Waals surface area contributed by atoms with Crippen molar-refractivity contribution in [1.82, 2.24) is 4.90 Å². The first-order valence-electron chi connectivity index (χ1n) is 8.36. The second-order valence-corrected chi connectivity index (χ2v) is 7.11. The van der Waals surface area contributed by atoms with Gasteiger partial charge in [0.15, 0.2) is 11.5 Å². The van der Waals surface area contributed by atoms with E-state index in [1.54, 1.807) is 24.3 Å². The van der Waals surface area contributed by atoms with Crippen molar-refractivity contribution >= 4 is 40.6 Å². The number of phenols is 1. The summed E-state index contributed by atoms with van der Waals surface area (Å²) in [5.41, 5.74) is 2.18. The molecular weight excluding hydrogens is 380 g/mol. The lowest BCUT2D eigenvalue weighted by Gasteiger charge is -2.12. The average molecular weight is 398 g/mol. The molecule has 0 bridgehead atoms. The van der Waals surface area contributed by atoms with Gasteiger partial charge in [-0.1, -0.05) is 23.8 Å². The number of carbonyl (C=O) groups is 3. The number of hydrogen-bond acceptors (Lipinski definition) is 6. The fourth-order valence-corrected chi connectivity index (χ4v) is 3.40. The number of anilines is 1. The standard InChI is InChI=1S/C20H18N2O5S/c1-12-3-6-14(7-4-12)21-18(24)11-22-19(25)17(28-20(22)26)10-13-5-8-16(27-2)15(23)9-13/h3-10,23H,11H2,1-2H3,(H,21,24)/b17-10-. The van der Waals surface area contributed by atoms with Crippen molar-refractivity contribution < 1.29 is 24.2 Å². The molecule has 3 amide bonds. The van der Waals surface area contributed by atoms with Crippen LogP contribution in [-0.4, -0.2) is 40.7 Å². The Labute approximate surface area is 166 Å². The molecule has 7 nitrogen and oxygen atoms in total. The lowest BCUT2D eigenvalue weighted by molar-refractivity contribution is -0.127. The highest BCUT2D eigenvalue weighted by atomic mass is 32.2. The molecule has 1 fully saturated rings. The number of imide groups is 1. The molecule has 0 atom stereocenters. The summed E-state index contributed by atoms with van der Waals surface area (Å²) in [6.07, 6.45) is 1.49. The quantitative estimate of drug-likeness (QED) is 0.750. The van der Waals surface area contributed by atoms with Crippen molar-refractivity contribution in [3.63, 3.8) is 0 Å². The number of phenolic OH excluding ortho intramolecular Hbond substituents is 1. The lowest BCUT2D eigenvalue weighted by Crippen LogP contribution is -2.36. The number of thioether (sulfide) groups is 1.